The van der Waals surface area contributed by atoms with Crippen molar-refractivity contribution in [3.63, 3.8) is 0 Å². The van der Waals surface area contributed by atoms with Crippen molar-refractivity contribution in [2.75, 3.05) is 18.6 Å². The fraction of sp³-hybridized carbons (Fsp3) is 0.286. The molecule has 1 unspecified atom stereocenters. The van der Waals surface area contributed by atoms with Crippen molar-refractivity contribution in [2.24, 2.45) is 0 Å². The van der Waals surface area contributed by atoms with Gasteiger partial charge in [-0.3, -0.25) is 4.79 Å². The highest BCUT2D eigenvalue weighted by Crippen LogP contribution is 2.25. The monoisotopic (exact) mass is 382 g/mol. The molecule has 6 heteroatoms. The van der Waals surface area contributed by atoms with Gasteiger partial charge in [-0.25, -0.2) is 8.42 Å². The van der Waals surface area contributed by atoms with Crippen molar-refractivity contribution >= 4 is 26.6 Å². The van der Waals surface area contributed by atoms with Crippen LogP contribution in [0, 0.1) is 0 Å². The van der Waals surface area contributed by atoms with Gasteiger partial charge in [0.25, 0.3) is 5.91 Å². The molecule has 3 aromatic rings. The third-order valence-electron chi connectivity index (χ3n) is 5.29. The van der Waals surface area contributed by atoms with Gasteiger partial charge >= 0.3 is 0 Å². The molecule has 27 heavy (non-hydrogen) atoms. The van der Waals surface area contributed by atoms with E-state index in [0.29, 0.717) is 18.5 Å². The largest absolute Gasteiger partial charge is 0.342 e. The van der Waals surface area contributed by atoms with E-state index in [1.165, 1.54) is 0 Å². The van der Waals surface area contributed by atoms with Gasteiger partial charge in [0.05, 0.1) is 22.6 Å². The van der Waals surface area contributed by atoms with Gasteiger partial charge in [-0.1, -0.05) is 42.5 Å². The molecule has 0 bridgehead atoms. The Bertz CT molecular complexity index is 1090. The molecule has 0 N–H and O–H groups in total. The summed E-state index contributed by atoms with van der Waals surface area (Å²) in [4.78, 5) is 14.8. The van der Waals surface area contributed by atoms with E-state index in [9.17, 15) is 13.2 Å². The van der Waals surface area contributed by atoms with Crippen LogP contribution in [0.25, 0.3) is 10.9 Å². The summed E-state index contributed by atoms with van der Waals surface area (Å²) in [6.07, 6.45) is 2.50. The van der Waals surface area contributed by atoms with E-state index in [4.69, 9.17) is 0 Å². The molecule has 1 saturated heterocycles. The second-order valence-corrected chi connectivity index (χ2v) is 9.37. The van der Waals surface area contributed by atoms with Crippen LogP contribution in [0.5, 0.6) is 0 Å². The lowest BCUT2D eigenvalue weighted by Crippen LogP contribution is -2.38. The Balaban J connectivity index is 1.69. The maximum atomic E-state index is 13.2. The molecule has 1 aliphatic rings. The molecule has 1 aromatic heterocycles. The highest BCUT2D eigenvalue weighted by Gasteiger charge is 2.33. The average Bonchev–Trinajstić information content (AvgIpc) is 3.24. The van der Waals surface area contributed by atoms with Crippen LogP contribution >= 0.6 is 0 Å². The van der Waals surface area contributed by atoms with E-state index >= 15 is 0 Å². The molecule has 1 fully saturated rings. The number of aromatic nitrogens is 1. The first-order valence-electron chi connectivity index (χ1n) is 9.04. The fourth-order valence-electron chi connectivity index (χ4n) is 3.78. The normalized spacial score (nSPS) is 18.6. The lowest BCUT2D eigenvalue weighted by Gasteiger charge is -2.24. The molecular weight excluding hydrogens is 360 g/mol. The van der Waals surface area contributed by atoms with E-state index < -0.39 is 9.84 Å². The van der Waals surface area contributed by atoms with Crippen molar-refractivity contribution in [1.29, 1.82) is 0 Å². The Morgan fingerprint density at radius 3 is 2.59 bits per heavy atom. The first-order chi connectivity index (χ1) is 12.9. The number of sulfone groups is 1. The molecule has 1 amide bonds. The molecule has 2 heterocycles. The van der Waals surface area contributed by atoms with E-state index in [0.717, 1.165) is 16.5 Å². The number of carbonyl (C=O) groups excluding carboxylic acids is 1. The predicted octanol–water partition coefficient (Wildman–Crippen LogP) is 2.95. The number of benzene rings is 2. The van der Waals surface area contributed by atoms with Gasteiger partial charge in [0.1, 0.15) is 0 Å². The van der Waals surface area contributed by atoms with Crippen LogP contribution in [0.2, 0.25) is 0 Å². The summed E-state index contributed by atoms with van der Waals surface area (Å²) in [5.74, 6) is 0.0795. The molecule has 0 aliphatic carbocycles. The van der Waals surface area contributed by atoms with E-state index in [2.05, 4.69) is 16.7 Å². The number of hydrogen-bond acceptors (Lipinski definition) is 3. The summed E-state index contributed by atoms with van der Waals surface area (Å²) in [5.41, 5.74) is 2.66. The summed E-state index contributed by atoms with van der Waals surface area (Å²) in [6.45, 7) is 0.677. The summed E-state index contributed by atoms with van der Waals surface area (Å²) in [7, 11) is -1.33. The predicted molar refractivity (Wildman–Crippen MR) is 107 cm³/mol. The fourth-order valence-corrected chi connectivity index (χ4v) is 5.56. The van der Waals surface area contributed by atoms with Crippen molar-refractivity contribution in [3.8, 4) is 0 Å². The third-order valence-corrected chi connectivity index (χ3v) is 7.04. The molecule has 0 saturated carbocycles. The minimum absolute atomic E-state index is 0.0518. The van der Waals surface area contributed by atoms with E-state index in [-0.39, 0.29) is 23.5 Å². The third kappa shape index (κ3) is 3.49. The second kappa shape index (κ2) is 6.85. The Morgan fingerprint density at radius 1 is 1.11 bits per heavy atom. The molecule has 0 radical (unpaired) electrons. The molecule has 4 rings (SSSR count). The minimum Gasteiger partial charge on any atom is -0.342 e. The zero-order chi connectivity index (χ0) is 19.0. The summed E-state index contributed by atoms with van der Waals surface area (Å²) in [6, 6.07) is 17.6. The van der Waals surface area contributed by atoms with Crippen molar-refractivity contribution in [2.45, 2.75) is 19.0 Å². The average molecular weight is 382 g/mol. The van der Waals surface area contributed by atoms with Crippen LogP contribution in [-0.2, 0) is 16.4 Å². The lowest BCUT2D eigenvalue weighted by atomic mass is 10.1. The van der Waals surface area contributed by atoms with Crippen molar-refractivity contribution in [1.82, 2.24) is 9.47 Å². The summed E-state index contributed by atoms with van der Waals surface area (Å²) < 4.78 is 25.7. The number of rotatable bonds is 4. The maximum Gasteiger partial charge on any atom is 0.256 e. The van der Waals surface area contributed by atoms with E-state index in [1.807, 2.05) is 48.7 Å². The molecule has 0 spiro atoms. The highest BCUT2D eigenvalue weighted by molar-refractivity contribution is 7.91. The minimum atomic E-state index is -3.04. The highest BCUT2D eigenvalue weighted by atomic mass is 32.2. The van der Waals surface area contributed by atoms with Gasteiger partial charge in [-0.05, 0) is 24.1 Å². The number of para-hydroxylation sites is 1. The van der Waals surface area contributed by atoms with Crippen molar-refractivity contribution < 1.29 is 13.2 Å². The Hall–Kier alpha value is -2.60. The SMILES string of the molecule is CN(C(=O)c1cccc2ccn(Cc3ccccc3)c12)C1CCS(=O)(=O)C1. The van der Waals surface area contributed by atoms with Crippen LogP contribution in [0.1, 0.15) is 22.3 Å². The standard InChI is InChI=1S/C21H22N2O3S/c1-22(18-11-13-27(25,26)15-18)21(24)19-9-5-8-17-10-12-23(20(17)19)14-16-6-3-2-4-7-16/h2-10,12,18H,11,13-15H2,1H3. The maximum absolute atomic E-state index is 13.2. The number of hydrogen-bond donors (Lipinski definition) is 0. The van der Waals surface area contributed by atoms with Crippen LogP contribution in [0.3, 0.4) is 0 Å². The number of fused-ring (bicyclic) bond motifs is 1. The second-order valence-electron chi connectivity index (χ2n) is 7.15. The van der Waals surface area contributed by atoms with Gasteiger partial charge in [0, 0.05) is 31.2 Å². The van der Waals surface area contributed by atoms with Crippen molar-refractivity contribution in [3.05, 3.63) is 71.9 Å². The summed E-state index contributed by atoms with van der Waals surface area (Å²) >= 11 is 0. The number of amides is 1. The lowest BCUT2D eigenvalue weighted by molar-refractivity contribution is 0.0749. The van der Waals surface area contributed by atoms with E-state index in [1.54, 1.807) is 11.9 Å². The Kier molecular flexibility index (Phi) is 4.52. The van der Waals surface area contributed by atoms with Gasteiger partial charge in [0.15, 0.2) is 9.84 Å². The molecule has 140 valence electrons. The number of nitrogens with zero attached hydrogens (tertiary/aromatic N) is 2. The van der Waals surface area contributed by atoms with Crippen LogP contribution in [0.15, 0.2) is 60.8 Å². The number of carbonyl (C=O) groups is 1. The molecular formula is C21H22N2O3S. The molecule has 1 aliphatic heterocycles. The first-order valence-corrected chi connectivity index (χ1v) is 10.9. The van der Waals surface area contributed by atoms with Gasteiger partial charge in [-0.15, -0.1) is 0 Å². The zero-order valence-corrected chi connectivity index (χ0v) is 16.0. The topological polar surface area (TPSA) is 59.4 Å². The molecule has 1 atom stereocenters. The summed E-state index contributed by atoms with van der Waals surface area (Å²) in [5, 5.41) is 1.00. The Labute approximate surface area is 159 Å². The Morgan fingerprint density at radius 2 is 1.89 bits per heavy atom. The van der Waals surface area contributed by atoms with Crippen LogP contribution in [0.4, 0.5) is 0 Å². The molecule has 2 aromatic carbocycles. The quantitative estimate of drug-likeness (QED) is 0.697. The first kappa shape index (κ1) is 17.8. The zero-order valence-electron chi connectivity index (χ0n) is 15.2. The van der Waals surface area contributed by atoms with Crippen LogP contribution in [-0.4, -0.2) is 48.4 Å². The van der Waals surface area contributed by atoms with Gasteiger partial charge in [0.2, 0.25) is 0 Å². The van der Waals surface area contributed by atoms with Gasteiger partial charge < -0.3 is 9.47 Å². The van der Waals surface area contributed by atoms with Gasteiger partial charge in [-0.2, -0.15) is 0 Å². The molecule has 5 nitrogen and oxygen atoms in total. The van der Waals surface area contributed by atoms with Crippen LogP contribution < -0.4 is 0 Å². The smallest absolute Gasteiger partial charge is 0.256 e.